The summed E-state index contributed by atoms with van der Waals surface area (Å²) in [4.78, 5) is 16.1. The summed E-state index contributed by atoms with van der Waals surface area (Å²) in [6.45, 7) is 0.299. The average molecular weight is 301 g/mol. The van der Waals surface area contributed by atoms with Gasteiger partial charge in [0, 0.05) is 10.9 Å². The predicted molar refractivity (Wildman–Crippen MR) is 86.7 cm³/mol. The van der Waals surface area contributed by atoms with Crippen LogP contribution in [-0.4, -0.2) is 24.5 Å². The van der Waals surface area contributed by atoms with Crippen molar-refractivity contribution < 1.29 is 4.79 Å². The van der Waals surface area contributed by atoms with Gasteiger partial charge in [-0.1, -0.05) is 12.1 Å². The molecule has 1 aliphatic rings. The van der Waals surface area contributed by atoms with Gasteiger partial charge in [0.15, 0.2) is 5.13 Å². The second kappa shape index (κ2) is 6.37. The number of amides is 1. The van der Waals surface area contributed by atoms with Crippen LogP contribution >= 0.6 is 11.3 Å². The van der Waals surface area contributed by atoms with Gasteiger partial charge in [-0.25, -0.2) is 4.98 Å². The number of carbonyl (C=O) groups excluding carboxylic acids is 1. The number of hydrogen-bond acceptors (Lipinski definition) is 4. The first-order valence-corrected chi connectivity index (χ1v) is 8.16. The third-order valence-electron chi connectivity index (χ3n) is 3.73. The molecule has 1 aromatic heterocycles. The molecular formula is C16H19N3OS. The Morgan fingerprint density at radius 1 is 1.29 bits per heavy atom. The molecule has 4 nitrogen and oxygen atoms in total. The van der Waals surface area contributed by atoms with Crippen molar-refractivity contribution in [2.75, 3.05) is 18.9 Å². The van der Waals surface area contributed by atoms with Gasteiger partial charge in [-0.05, 0) is 49.9 Å². The van der Waals surface area contributed by atoms with Crippen LogP contribution in [0.5, 0.6) is 0 Å². The number of aromatic nitrogens is 1. The maximum Gasteiger partial charge on any atom is 0.240 e. The number of rotatable bonds is 4. The first-order chi connectivity index (χ1) is 10.3. The molecule has 0 bridgehead atoms. The van der Waals surface area contributed by atoms with Gasteiger partial charge in [0.05, 0.1) is 12.2 Å². The Morgan fingerprint density at radius 3 is 2.90 bits per heavy atom. The zero-order chi connectivity index (χ0) is 14.7. The molecule has 1 aliphatic carbocycles. The molecule has 0 atom stereocenters. The zero-order valence-corrected chi connectivity index (χ0v) is 12.9. The summed E-state index contributed by atoms with van der Waals surface area (Å²) in [5.41, 5.74) is 5.00. The number of fused-ring (bicyclic) bond motifs is 1. The maximum absolute atomic E-state index is 11.5. The van der Waals surface area contributed by atoms with Crippen molar-refractivity contribution in [3.05, 3.63) is 34.7 Å². The monoisotopic (exact) mass is 301 g/mol. The summed E-state index contributed by atoms with van der Waals surface area (Å²) in [7, 11) is 1.75. The Hall–Kier alpha value is -1.72. The van der Waals surface area contributed by atoms with Gasteiger partial charge in [-0.3, -0.25) is 4.79 Å². The van der Waals surface area contributed by atoms with Crippen molar-refractivity contribution in [2.45, 2.75) is 25.7 Å². The Kier molecular flexibility index (Phi) is 4.31. The summed E-state index contributed by atoms with van der Waals surface area (Å²) in [6.07, 6.45) is 4.93. The lowest BCUT2D eigenvalue weighted by Crippen LogP contribution is -2.24. The van der Waals surface area contributed by atoms with Crippen LogP contribution in [-0.2, 0) is 17.6 Å². The Bertz CT molecular complexity index is 651. The zero-order valence-electron chi connectivity index (χ0n) is 12.1. The molecule has 1 amide bonds. The molecule has 0 spiro atoms. The van der Waals surface area contributed by atoms with E-state index in [0.717, 1.165) is 11.3 Å². The molecule has 21 heavy (non-hydrogen) atoms. The molecule has 2 N–H and O–H groups in total. The highest BCUT2D eigenvalue weighted by Crippen LogP contribution is 2.29. The van der Waals surface area contributed by atoms with Crippen LogP contribution in [0.1, 0.15) is 24.0 Å². The van der Waals surface area contributed by atoms with Crippen LogP contribution in [0.25, 0.3) is 11.3 Å². The van der Waals surface area contributed by atoms with Crippen molar-refractivity contribution in [1.82, 2.24) is 10.3 Å². The summed E-state index contributed by atoms with van der Waals surface area (Å²) in [5.74, 6) is -0.0659. The van der Waals surface area contributed by atoms with Gasteiger partial charge in [0.25, 0.3) is 0 Å². The van der Waals surface area contributed by atoms with Gasteiger partial charge in [-0.15, -0.1) is 11.3 Å². The topological polar surface area (TPSA) is 54.0 Å². The second-order valence-electron chi connectivity index (χ2n) is 5.31. The highest BCUT2D eigenvalue weighted by Gasteiger charge is 2.12. The molecule has 0 saturated carbocycles. The standard InChI is InChI=1S/C16H19N3OS/c1-17-9-15(20)19-16-18-14(10-21-16)13-7-6-11-4-2-3-5-12(11)8-13/h6-8,10,17H,2-5,9H2,1H3,(H,18,19,20). The Labute approximate surface area is 128 Å². The number of carbonyl (C=O) groups is 1. The lowest BCUT2D eigenvalue weighted by atomic mass is 9.90. The van der Waals surface area contributed by atoms with E-state index in [9.17, 15) is 4.79 Å². The van der Waals surface area contributed by atoms with Gasteiger partial charge in [-0.2, -0.15) is 0 Å². The smallest absolute Gasteiger partial charge is 0.240 e. The number of benzene rings is 1. The third kappa shape index (κ3) is 3.31. The minimum Gasteiger partial charge on any atom is -0.311 e. The predicted octanol–water partition coefficient (Wildman–Crippen LogP) is 2.85. The van der Waals surface area contributed by atoms with E-state index >= 15 is 0 Å². The third-order valence-corrected chi connectivity index (χ3v) is 4.49. The highest BCUT2D eigenvalue weighted by atomic mass is 32.1. The summed E-state index contributed by atoms with van der Waals surface area (Å²) in [6, 6.07) is 6.61. The van der Waals surface area contributed by atoms with Gasteiger partial charge in [0.2, 0.25) is 5.91 Å². The number of aryl methyl sites for hydroxylation is 2. The largest absolute Gasteiger partial charge is 0.311 e. The molecule has 3 rings (SSSR count). The van der Waals surface area contributed by atoms with Gasteiger partial charge in [0.1, 0.15) is 0 Å². The number of hydrogen-bond donors (Lipinski definition) is 2. The van der Waals surface area contributed by atoms with Gasteiger partial charge < -0.3 is 10.6 Å². The van der Waals surface area contributed by atoms with E-state index in [4.69, 9.17) is 0 Å². The molecule has 0 aliphatic heterocycles. The molecule has 1 heterocycles. The Morgan fingerprint density at radius 2 is 2.10 bits per heavy atom. The first-order valence-electron chi connectivity index (χ1n) is 7.28. The summed E-state index contributed by atoms with van der Waals surface area (Å²) < 4.78 is 0. The van der Waals surface area contributed by atoms with E-state index in [1.807, 2.05) is 5.38 Å². The number of thiazole rings is 1. The lowest BCUT2D eigenvalue weighted by Gasteiger charge is -2.16. The summed E-state index contributed by atoms with van der Waals surface area (Å²) in [5, 5.41) is 8.28. The molecule has 5 heteroatoms. The summed E-state index contributed by atoms with van der Waals surface area (Å²) >= 11 is 1.47. The van der Waals surface area contributed by atoms with Crippen LogP contribution in [0.15, 0.2) is 23.6 Å². The van der Waals surface area contributed by atoms with E-state index in [0.29, 0.717) is 11.7 Å². The maximum atomic E-state index is 11.5. The van der Waals surface area contributed by atoms with Crippen LogP contribution in [0.3, 0.4) is 0 Å². The molecule has 110 valence electrons. The van der Waals surface area contributed by atoms with Crippen molar-refractivity contribution >= 4 is 22.4 Å². The first kappa shape index (κ1) is 14.2. The molecule has 0 unspecified atom stereocenters. The number of anilines is 1. The minimum absolute atomic E-state index is 0.0659. The molecule has 1 aromatic carbocycles. The molecule has 0 fully saturated rings. The number of nitrogens with zero attached hydrogens (tertiary/aromatic N) is 1. The molecule has 0 saturated heterocycles. The van der Waals surface area contributed by atoms with Crippen LogP contribution in [0, 0.1) is 0 Å². The second-order valence-corrected chi connectivity index (χ2v) is 6.17. The Balaban J connectivity index is 1.78. The van der Waals surface area contributed by atoms with Crippen LogP contribution in [0.4, 0.5) is 5.13 Å². The number of nitrogens with one attached hydrogen (secondary N) is 2. The minimum atomic E-state index is -0.0659. The fraction of sp³-hybridized carbons (Fsp3) is 0.375. The van der Waals surface area contributed by atoms with E-state index in [-0.39, 0.29) is 5.91 Å². The molecular weight excluding hydrogens is 282 g/mol. The normalized spacial score (nSPS) is 13.8. The highest BCUT2D eigenvalue weighted by molar-refractivity contribution is 7.14. The SMILES string of the molecule is CNCC(=O)Nc1nc(-c2ccc3c(c2)CCCC3)cs1. The van der Waals surface area contributed by atoms with Crippen molar-refractivity contribution in [2.24, 2.45) is 0 Å². The van der Waals surface area contributed by atoms with Crippen molar-refractivity contribution in [1.29, 1.82) is 0 Å². The fourth-order valence-corrected chi connectivity index (χ4v) is 3.42. The van der Waals surface area contributed by atoms with Crippen molar-refractivity contribution in [3.63, 3.8) is 0 Å². The van der Waals surface area contributed by atoms with E-state index in [1.54, 1.807) is 7.05 Å². The quantitative estimate of drug-likeness (QED) is 0.913. The fourth-order valence-electron chi connectivity index (χ4n) is 2.68. The van der Waals surface area contributed by atoms with E-state index in [1.165, 1.54) is 48.1 Å². The lowest BCUT2D eigenvalue weighted by molar-refractivity contribution is -0.115. The number of likely N-dealkylation sites (N-methyl/N-ethyl adjacent to an activating group) is 1. The van der Waals surface area contributed by atoms with Crippen molar-refractivity contribution in [3.8, 4) is 11.3 Å². The van der Waals surface area contributed by atoms with Gasteiger partial charge >= 0.3 is 0 Å². The molecule has 0 radical (unpaired) electrons. The van der Waals surface area contributed by atoms with E-state index in [2.05, 4.69) is 33.8 Å². The molecule has 2 aromatic rings. The van der Waals surface area contributed by atoms with Crippen LogP contribution in [0.2, 0.25) is 0 Å². The van der Waals surface area contributed by atoms with Crippen LogP contribution < -0.4 is 10.6 Å². The van der Waals surface area contributed by atoms with E-state index < -0.39 is 0 Å². The average Bonchev–Trinajstić information content (AvgIpc) is 2.95.